The van der Waals surface area contributed by atoms with E-state index in [0.717, 1.165) is 5.69 Å². The van der Waals surface area contributed by atoms with E-state index in [0.29, 0.717) is 0 Å². The fourth-order valence-electron chi connectivity index (χ4n) is 1.31. The molecule has 0 aliphatic carbocycles. The molecular formula is C14H15NO4. The first-order chi connectivity index (χ1) is 9.19. The van der Waals surface area contributed by atoms with Crippen molar-refractivity contribution >= 4 is 23.8 Å². The number of ether oxygens (including phenoxy) is 2. The summed E-state index contributed by atoms with van der Waals surface area (Å²) in [6.07, 6.45) is 4.38. The number of nitrogens with zero attached hydrogens (tertiary/aromatic N) is 1. The first-order valence-corrected chi connectivity index (χ1v) is 5.60. The number of carbonyl (C=O) groups excluding carboxylic acids is 2. The van der Waals surface area contributed by atoms with Gasteiger partial charge in [0.15, 0.2) is 5.92 Å². The van der Waals surface area contributed by atoms with Crippen LogP contribution in [0, 0.1) is 5.92 Å². The normalized spacial score (nSPS) is 11.1. The second-order valence-electron chi connectivity index (χ2n) is 3.52. The van der Waals surface area contributed by atoms with Crippen LogP contribution in [-0.4, -0.2) is 32.4 Å². The lowest BCUT2D eigenvalue weighted by molar-refractivity contribution is -0.156. The first kappa shape index (κ1) is 14.6. The number of aliphatic imine (C=N–C) groups is 1. The summed E-state index contributed by atoms with van der Waals surface area (Å²) < 4.78 is 9.03. The highest BCUT2D eigenvalue weighted by molar-refractivity contribution is 5.97. The van der Waals surface area contributed by atoms with Gasteiger partial charge >= 0.3 is 11.9 Å². The zero-order valence-corrected chi connectivity index (χ0v) is 10.8. The van der Waals surface area contributed by atoms with E-state index in [1.54, 1.807) is 0 Å². The van der Waals surface area contributed by atoms with Crippen molar-refractivity contribution in [1.82, 2.24) is 0 Å². The number of hydrogen-bond acceptors (Lipinski definition) is 5. The second kappa shape index (κ2) is 7.81. The lowest BCUT2D eigenvalue weighted by Crippen LogP contribution is -2.24. The Kier molecular flexibility index (Phi) is 6.02. The highest BCUT2D eigenvalue weighted by Gasteiger charge is 2.25. The van der Waals surface area contributed by atoms with Crippen molar-refractivity contribution in [3.63, 3.8) is 0 Å². The van der Waals surface area contributed by atoms with Crippen LogP contribution in [0.15, 0.2) is 47.5 Å². The van der Waals surface area contributed by atoms with Gasteiger partial charge in [-0.15, -0.1) is 0 Å². The van der Waals surface area contributed by atoms with Gasteiger partial charge in [0.2, 0.25) is 0 Å². The molecule has 0 aliphatic heterocycles. The molecule has 19 heavy (non-hydrogen) atoms. The zero-order valence-electron chi connectivity index (χ0n) is 10.8. The van der Waals surface area contributed by atoms with Gasteiger partial charge < -0.3 is 9.47 Å². The first-order valence-electron chi connectivity index (χ1n) is 5.60. The maximum atomic E-state index is 11.4. The number of hydrogen-bond donors (Lipinski definition) is 0. The zero-order chi connectivity index (χ0) is 14.1. The van der Waals surface area contributed by atoms with Gasteiger partial charge in [0.1, 0.15) is 0 Å². The minimum Gasteiger partial charge on any atom is -0.468 e. The summed E-state index contributed by atoms with van der Waals surface area (Å²) in [5.41, 5.74) is 0.778. The van der Waals surface area contributed by atoms with Gasteiger partial charge in [-0.3, -0.25) is 14.6 Å². The molecule has 0 atom stereocenters. The highest BCUT2D eigenvalue weighted by atomic mass is 16.5. The largest absolute Gasteiger partial charge is 0.468 e. The van der Waals surface area contributed by atoms with E-state index < -0.39 is 17.9 Å². The Morgan fingerprint density at radius 3 is 2.21 bits per heavy atom. The molecule has 100 valence electrons. The molecule has 0 aromatic heterocycles. The van der Waals surface area contributed by atoms with Crippen LogP contribution in [0.2, 0.25) is 0 Å². The third kappa shape index (κ3) is 4.75. The average Bonchev–Trinajstić information content (AvgIpc) is 2.47. The Labute approximate surface area is 111 Å². The molecule has 0 heterocycles. The molecule has 0 spiro atoms. The van der Waals surface area contributed by atoms with Crippen molar-refractivity contribution in [2.75, 3.05) is 14.2 Å². The molecule has 0 N–H and O–H groups in total. The molecule has 0 radical (unpaired) electrons. The molecule has 5 nitrogen and oxygen atoms in total. The molecule has 1 rings (SSSR count). The average molecular weight is 261 g/mol. The van der Waals surface area contributed by atoms with Crippen molar-refractivity contribution in [2.45, 2.75) is 0 Å². The van der Waals surface area contributed by atoms with Crippen LogP contribution < -0.4 is 0 Å². The van der Waals surface area contributed by atoms with Crippen LogP contribution in [-0.2, 0) is 19.1 Å². The van der Waals surface area contributed by atoms with E-state index in [2.05, 4.69) is 14.5 Å². The van der Waals surface area contributed by atoms with Crippen LogP contribution in [0.3, 0.4) is 0 Å². The molecule has 5 heteroatoms. The standard InChI is InChI=1S/C14H15NO4/c1-18-13(16)12(14(17)19-2)9-6-10-15-11-7-4-3-5-8-11/h3-10,12H,1-2H3. The van der Waals surface area contributed by atoms with Crippen molar-refractivity contribution < 1.29 is 19.1 Å². The van der Waals surface area contributed by atoms with E-state index >= 15 is 0 Å². The van der Waals surface area contributed by atoms with Crippen LogP contribution in [0.5, 0.6) is 0 Å². The van der Waals surface area contributed by atoms with Crippen molar-refractivity contribution in [3.8, 4) is 0 Å². The van der Waals surface area contributed by atoms with Gasteiger partial charge in [-0.1, -0.05) is 24.3 Å². The molecule has 0 bridgehead atoms. The van der Waals surface area contributed by atoms with Crippen LogP contribution in [0.4, 0.5) is 5.69 Å². The number of carbonyl (C=O) groups is 2. The third-order valence-electron chi connectivity index (χ3n) is 2.28. The molecule has 0 saturated carbocycles. The molecular weight excluding hydrogens is 246 g/mol. The van der Waals surface area contributed by atoms with Gasteiger partial charge in [-0.05, 0) is 18.2 Å². The van der Waals surface area contributed by atoms with Crippen LogP contribution in [0.25, 0.3) is 0 Å². The molecule has 0 fully saturated rings. The summed E-state index contributed by atoms with van der Waals surface area (Å²) in [6.45, 7) is 0. The monoisotopic (exact) mass is 261 g/mol. The third-order valence-corrected chi connectivity index (χ3v) is 2.28. The van der Waals surface area contributed by atoms with Crippen molar-refractivity contribution in [3.05, 3.63) is 42.5 Å². The maximum Gasteiger partial charge on any atom is 0.323 e. The van der Waals surface area contributed by atoms with E-state index in [4.69, 9.17) is 0 Å². The van der Waals surface area contributed by atoms with E-state index in [-0.39, 0.29) is 0 Å². The van der Waals surface area contributed by atoms with Crippen molar-refractivity contribution in [1.29, 1.82) is 0 Å². The summed E-state index contributed by atoms with van der Waals surface area (Å²) in [6, 6.07) is 9.29. The summed E-state index contributed by atoms with van der Waals surface area (Å²) in [4.78, 5) is 26.8. The number of methoxy groups -OCH3 is 2. The maximum absolute atomic E-state index is 11.4. The molecule has 0 saturated heterocycles. The number of rotatable bonds is 5. The molecule has 1 aromatic carbocycles. The number of para-hydroxylation sites is 1. The van der Waals surface area contributed by atoms with E-state index in [1.807, 2.05) is 30.3 Å². The lowest BCUT2D eigenvalue weighted by Gasteiger charge is -2.06. The second-order valence-corrected chi connectivity index (χ2v) is 3.52. The van der Waals surface area contributed by atoms with Gasteiger partial charge in [0.05, 0.1) is 19.9 Å². The Hall–Kier alpha value is -2.43. The minimum absolute atomic E-state index is 0.670. The summed E-state index contributed by atoms with van der Waals surface area (Å²) in [7, 11) is 2.42. The van der Waals surface area contributed by atoms with Gasteiger partial charge in [-0.2, -0.15) is 0 Å². The Morgan fingerprint density at radius 1 is 1.11 bits per heavy atom. The quantitative estimate of drug-likeness (QED) is 0.461. The smallest absolute Gasteiger partial charge is 0.323 e. The molecule has 0 unspecified atom stereocenters. The Morgan fingerprint density at radius 2 is 1.68 bits per heavy atom. The summed E-state index contributed by atoms with van der Waals surface area (Å²) in [5.74, 6) is -2.41. The van der Waals surface area contributed by atoms with E-state index in [1.165, 1.54) is 32.6 Å². The fourth-order valence-corrected chi connectivity index (χ4v) is 1.31. The van der Waals surface area contributed by atoms with Crippen LogP contribution >= 0.6 is 0 Å². The Bertz CT molecular complexity index is 463. The Balaban J connectivity index is 2.69. The minimum atomic E-state index is -1.07. The van der Waals surface area contributed by atoms with E-state index in [9.17, 15) is 9.59 Å². The van der Waals surface area contributed by atoms with Crippen LogP contribution in [0.1, 0.15) is 0 Å². The molecule has 0 amide bonds. The number of allylic oxidation sites excluding steroid dienone is 1. The predicted molar refractivity (Wildman–Crippen MR) is 71.3 cm³/mol. The number of benzene rings is 1. The molecule has 1 aromatic rings. The summed E-state index contributed by atoms with van der Waals surface area (Å²) >= 11 is 0. The van der Waals surface area contributed by atoms with Crippen molar-refractivity contribution in [2.24, 2.45) is 10.9 Å². The van der Waals surface area contributed by atoms with Gasteiger partial charge in [0.25, 0.3) is 0 Å². The number of esters is 2. The lowest BCUT2D eigenvalue weighted by atomic mass is 10.1. The van der Waals surface area contributed by atoms with Gasteiger partial charge in [0, 0.05) is 6.21 Å². The summed E-state index contributed by atoms with van der Waals surface area (Å²) in [5, 5.41) is 0. The highest BCUT2D eigenvalue weighted by Crippen LogP contribution is 2.09. The fraction of sp³-hybridized carbons (Fsp3) is 0.214. The topological polar surface area (TPSA) is 65.0 Å². The molecule has 0 aliphatic rings. The predicted octanol–water partition coefficient (Wildman–Crippen LogP) is 1.91. The van der Waals surface area contributed by atoms with Gasteiger partial charge in [-0.25, -0.2) is 0 Å². The SMILES string of the molecule is COC(=O)C(C=CC=Nc1ccccc1)C(=O)OC.